The first-order chi connectivity index (χ1) is 9.72. The molecule has 2 N–H and O–H groups in total. The zero-order valence-electron chi connectivity index (χ0n) is 11.3. The molecule has 2 fully saturated rings. The lowest BCUT2D eigenvalue weighted by Crippen LogP contribution is -2.45. The lowest BCUT2D eigenvalue weighted by atomic mass is 10.1. The molecule has 1 aliphatic heterocycles. The van der Waals surface area contributed by atoms with Crippen molar-refractivity contribution in [3.05, 3.63) is 22.4 Å². The smallest absolute Gasteiger partial charge is 0.321 e. The minimum Gasteiger partial charge on any atom is -0.335 e. The van der Waals surface area contributed by atoms with Gasteiger partial charge in [0.2, 0.25) is 5.91 Å². The molecule has 1 atom stereocenters. The highest BCUT2D eigenvalue weighted by Crippen LogP contribution is 2.32. The molecule has 0 aromatic carbocycles. The van der Waals surface area contributed by atoms with E-state index in [0.29, 0.717) is 12.6 Å². The Balaban J connectivity index is 1.50. The normalized spacial score (nSPS) is 22.7. The molecule has 2 heterocycles. The van der Waals surface area contributed by atoms with Gasteiger partial charge in [-0.3, -0.25) is 15.0 Å². The van der Waals surface area contributed by atoms with Crippen LogP contribution in [-0.2, 0) is 4.79 Å². The molecule has 0 bridgehead atoms. The van der Waals surface area contributed by atoms with E-state index in [1.165, 1.54) is 5.56 Å². The van der Waals surface area contributed by atoms with E-state index in [-0.39, 0.29) is 18.0 Å². The number of likely N-dealkylation sites (tertiary alicyclic amines) is 1. The number of hydrogen-bond donors (Lipinski definition) is 2. The molecule has 0 spiro atoms. The fraction of sp³-hybridized carbons (Fsp3) is 0.571. The average molecular weight is 293 g/mol. The van der Waals surface area contributed by atoms with Crippen LogP contribution in [0.5, 0.6) is 0 Å². The molecule has 0 unspecified atom stereocenters. The lowest BCUT2D eigenvalue weighted by molar-refractivity contribution is -0.121. The monoisotopic (exact) mass is 293 g/mol. The van der Waals surface area contributed by atoms with Crippen molar-refractivity contribution in [2.75, 3.05) is 13.1 Å². The Bertz CT molecular complexity index is 485. The van der Waals surface area contributed by atoms with E-state index in [2.05, 4.69) is 32.4 Å². The predicted octanol–water partition coefficient (Wildman–Crippen LogP) is 1.87. The van der Waals surface area contributed by atoms with Crippen LogP contribution in [0.2, 0.25) is 0 Å². The Morgan fingerprint density at radius 1 is 1.35 bits per heavy atom. The largest absolute Gasteiger partial charge is 0.335 e. The van der Waals surface area contributed by atoms with E-state index >= 15 is 0 Å². The van der Waals surface area contributed by atoms with Crippen LogP contribution < -0.4 is 10.6 Å². The van der Waals surface area contributed by atoms with Gasteiger partial charge in [-0.25, -0.2) is 4.79 Å². The number of imide groups is 1. The summed E-state index contributed by atoms with van der Waals surface area (Å²) in [4.78, 5) is 25.6. The number of rotatable bonds is 4. The minimum absolute atomic E-state index is 0.217. The van der Waals surface area contributed by atoms with Crippen molar-refractivity contribution in [2.45, 2.75) is 37.8 Å². The third kappa shape index (κ3) is 3.37. The summed E-state index contributed by atoms with van der Waals surface area (Å²) in [6.45, 7) is 1.21. The molecule has 1 saturated heterocycles. The van der Waals surface area contributed by atoms with E-state index in [9.17, 15) is 9.59 Å². The van der Waals surface area contributed by atoms with Gasteiger partial charge >= 0.3 is 6.03 Å². The Morgan fingerprint density at radius 2 is 2.20 bits per heavy atom. The molecule has 0 radical (unpaired) electrons. The number of urea groups is 1. The standard InChI is InChI=1S/C14H19N3O2S/c18-13(16-14(19)15-11-3-4-11)8-17-6-1-2-12(17)10-5-7-20-9-10/h5,7,9,11-12H,1-4,6,8H2,(H2,15,16,18,19)/t12-/m0/s1. The molecule has 1 aromatic heterocycles. The van der Waals surface area contributed by atoms with Crippen LogP contribution in [0, 0.1) is 0 Å². The molecule has 108 valence electrons. The first kappa shape index (κ1) is 13.6. The zero-order valence-corrected chi connectivity index (χ0v) is 12.1. The van der Waals surface area contributed by atoms with Gasteiger partial charge in [-0.15, -0.1) is 0 Å². The minimum atomic E-state index is -0.358. The third-order valence-corrected chi connectivity index (χ3v) is 4.51. The fourth-order valence-electron chi connectivity index (χ4n) is 2.66. The summed E-state index contributed by atoms with van der Waals surface area (Å²) in [5.41, 5.74) is 1.28. The Hall–Kier alpha value is -1.40. The molecular formula is C14H19N3O2S. The van der Waals surface area contributed by atoms with E-state index in [4.69, 9.17) is 0 Å². The first-order valence-corrected chi connectivity index (χ1v) is 8.03. The van der Waals surface area contributed by atoms with E-state index in [0.717, 1.165) is 32.2 Å². The number of thiophene rings is 1. The third-order valence-electron chi connectivity index (χ3n) is 3.80. The summed E-state index contributed by atoms with van der Waals surface area (Å²) in [6, 6.07) is 2.35. The van der Waals surface area contributed by atoms with Crippen molar-refractivity contribution in [1.82, 2.24) is 15.5 Å². The zero-order chi connectivity index (χ0) is 13.9. The second-order valence-corrected chi connectivity index (χ2v) is 6.26. The lowest BCUT2D eigenvalue weighted by Gasteiger charge is -2.23. The van der Waals surface area contributed by atoms with E-state index < -0.39 is 0 Å². The van der Waals surface area contributed by atoms with Crippen LogP contribution in [0.1, 0.15) is 37.3 Å². The molecule has 6 heteroatoms. The molecular weight excluding hydrogens is 274 g/mol. The van der Waals surface area contributed by atoms with Gasteiger partial charge < -0.3 is 5.32 Å². The Labute approximate surface area is 122 Å². The molecule has 1 aliphatic carbocycles. The maximum absolute atomic E-state index is 11.9. The first-order valence-electron chi connectivity index (χ1n) is 7.09. The molecule has 3 rings (SSSR count). The summed E-state index contributed by atoms with van der Waals surface area (Å²) in [5, 5.41) is 9.38. The van der Waals surface area contributed by atoms with Crippen LogP contribution in [-0.4, -0.2) is 36.0 Å². The summed E-state index contributed by atoms with van der Waals surface area (Å²) >= 11 is 1.68. The van der Waals surface area contributed by atoms with Crippen LogP contribution in [0.15, 0.2) is 16.8 Å². The second-order valence-electron chi connectivity index (χ2n) is 5.48. The van der Waals surface area contributed by atoms with Gasteiger partial charge in [-0.05, 0) is 54.6 Å². The Kier molecular flexibility index (Phi) is 4.03. The number of carbonyl (C=O) groups is 2. The van der Waals surface area contributed by atoms with Crippen molar-refractivity contribution >= 4 is 23.3 Å². The van der Waals surface area contributed by atoms with Gasteiger partial charge in [0.15, 0.2) is 0 Å². The van der Waals surface area contributed by atoms with Crippen molar-refractivity contribution < 1.29 is 9.59 Å². The van der Waals surface area contributed by atoms with Crippen LogP contribution in [0.4, 0.5) is 4.79 Å². The number of hydrogen-bond acceptors (Lipinski definition) is 4. The Morgan fingerprint density at radius 3 is 2.90 bits per heavy atom. The van der Waals surface area contributed by atoms with Gasteiger partial charge in [-0.1, -0.05) is 0 Å². The van der Waals surface area contributed by atoms with Gasteiger partial charge in [0, 0.05) is 12.1 Å². The summed E-state index contributed by atoms with van der Waals surface area (Å²) < 4.78 is 0. The maximum atomic E-state index is 11.9. The molecule has 2 aliphatic rings. The van der Waals surface area contributed by atoms with Crippen molar-refractivity contribution in [1.29, 1.82) is 0 Å². The van der Waals surface area contributed by atoms with Crippen molar-refractivity contribution in [3.63, 3.8) is 0 Å². The molecule has 1 aromatic rings. The summed E-state index contributed by atoms with van der Waals surface area (Å²) in [7, 11) is 0. The van der Waals surface area contributed by atoms with Gasteiger partial charge in [-0.2, -0.15) is 11.3 Å². The SMILES string of the molecule is O=C(CN1CCC[C@H]1c1ccsc1)NC(=O)NC1CC1. The average Bonchev–Trinajstić information content (AvgIpc) is 2.91. The highest BCUT2D eigenvalue weighted by molar-refractivity contribution is 7.07. The number of amides is 3. The summed E-state index contributed by atoms with van der Waals surface area (Å²) in [6.07, 6.45) is 4.22. The van der Waals surface area contributed by atoms with Gasteiger partial charge in [0.25, 0.3) is 0 Å². The van der Waals surface area contributed by atoms with Crippen LogP contribution in [0.3, 0.4) is 0 Å². The maximum Gasteiger partial charge on any atom is 0.321 e. The quantitative estimate of drug-likeness (QED) is 0.891. The van der Waals surface area contributed by atoms with Crippen LogP contribution in [0.25, 0.3) is 0 Å². The van der Waals surface area contributed by atoms with E-state index in [1.807, 2.05) is 0 Å². The van der Waals surface area contributed by atoms with Crippen LogP contribution >= 0.6 is 11.3 Å². The molecule has 5 nitrogen and oxygen atoms in total. The van der Waals surface area contributed by atoms with Crippen molar-refractivity contribution in [3.8, 4) is 0 Å². The molecule has 3 amide bonds. The van der Waals surface area contributed by atoms with Gasteiger partial charge in [0.1, 0.15) is 0 Å². The molecule has 20 heavy (non-hydrogen) atoms. The predicted molar refractivity (Wildman–Crippen MR) is 77.6 cm³/mol. The fourth-order valence-corrected chi connectivity index (χ4v) is 3.36. The van der Waals surface area contributed by atoms with Gasteiger partial charge in [0.05, 0.1) is 6.54 Å². The van der Waals surface area contributed by atoms with E-state index in [1.54, 1.807) is 11.3 Å². The molecule has 1 saturated carbocycles. The number of carbonyl (C=O) groups excluding carboxylic acids is 2. The highest BCUT2D eigenvalue weighted by atomic mass is 32.1. The summed E-state index contributed by atoms with van der Waals surface area (Å²) in [5.74, 6) is -0.217. The highest BCUT2D eigenvalue weighted by Gasteiger charge is 2.29. The number of nitrogens with one attached hydrogen (secondary N) is 2. The van der Waals surface area contributed by atoms with Crippen molar-refractivity contribution in [2.24, 2.45) is 0 Å². The second kappa shape index (κ2) is 5.93. The topological polar surface area (TPSA) is 61.4 Å². The number of nitrogens with zero attached hydrogens (tertiary/aromatic N) is 1.